The maximum Gasteiger partial charge on any atom is 0.255 e. The number of para-hydroxylation sites is 1. The maximum atomic E-state index is 13.5. The molecule has 5 nitrogen and oxygen atoms in total. The van der Waals surface area contributed by atoms with E-state index >= 15 is 0 Å². The third-order valence-corrected chi connectivity index (χ3v) is 7.21. The normalized spacial score (nSPS) is 15.9. The number of benzene rings is 3. The molecule has 0 fully saturated rings. The van der Waals surface area contributed by atoms with Crippen molar-refractivity contribution in [2.45, 2.75) is 38.8 Å². The number of hydrogen-bond acceptors (Lipinski definition) is 2. The van der Waals surface area contributed by atoms with Gasteiger partial charge < -0.3 is 14.8 Å². The number of amides is 2. The Kier molecular flexibility index (Phi) is 6.16. The summed E-state index contributed by atoms with van der Waals surface area (Å²) in [5.41, 5.74) is 6.20. The summed E-state index contributed by atoms with van der Waals surface area (Å²) in [6.07, 6.45) is 1.74. The highest BCUT2D eigenvalue weighted by molar-refractivity contribution is 6.02. The molecule has 5 heteroatoms. The highest BCUT2D eigenvalue weighted by Gasteiger charge is 2.40. The Morgan fingerprint density at radius 2 is 1.66 bits per heavy atom. The van der Waals surface area contributed by atoms with Crippen LogP contribution in [0.4, 0.5) is 0 Å². The molecule has 0 unspecified atom stereocenters. The molecule has 5 rings (SSSR count). The van der Waals surface area contributed by atoms with Crippen LogP contribution in [0.2, 0.25) is 0 Å². The molecule has 2 atom stereocenters. The predicted molar refractivity (Wildman–Crippen MR) is 139 cm³/mol. The Bertz CT molecular complexity index is 1390. The Morgan fingerprint density at radius 3 is 2.46 bits per heavy atom. The van der Waals surface area contributed by atoms with Gasteiger partial charge >= 0.3 is 0 Å². The molecular formula is C30H31N3O2. The number of rotatable bonds is 7. The lowest BCUT2D eigenvalue weighted by Gasteiger charge is -2.26. The summed E-state index contributed by atoms with van der Waals surface area (Å²) in [4.78, 5) is 28.4. The summed E-state index contributed by atoms with van der Waals surface area (Å²) in [6.45, 7) is 4.13. The van der Waals surface area contributed by atoms with Gasteiger partial charge in [-0.25, -0.2) is 0 Å². The molecule has 0 aliphatic carbocycles. The number of nitrogens with one attached hydrogen (secondary N) is 1. The van der Waals surface area contributed by atoms with E-state index < -0.39 is 0 Å². The lowest BCUT2D eigenvalue weighted by molar-refractivity contribution is -0.122. The number of carbonyl (C=O) groups is 2. The lowest BCUT2D eigenvalue weighted by atomic mass is 9.95. The molecule has 35 heavy (non-hydrogen) atoms. The molecular weight excluding hydrogens is 434 g/mol. The molecule has 1 N–H and O–H groups in total. The van der Waals surface area contributed by atoms with Gasteiger partial charge in [-0.2, -0.15) is 0 Å². The molecule has 0 radical (unpaired) electrons. The van der Waals surface area contributed by atoms with Gasteiger partial charge in [-0.3, -0.25) is 9.59 Å². The van der Waals surface area contributed by atoms with Gasteiger partial charge in [-0.05, 0) is 49.9 Å². The van der Waals surface area contributed by atoms with Gasteiger partial charge in [-0.1, -0.05) is 66.7 Å². The van der Waals surface area contributed by atoms with Crippen LogP contribution in [0.25, 0.3) is 10.9 Å². The number of aromatic nitrogens is 1. The van der Waals surface area contributed by atoms with Crippen molar-refractivity contribution in [2.75, 3.05) is 6.54 Å². The van der Waals surface area contributed by atoms with Crippen LogP contribution >= 0.6 is 0 Å². The van der Waals surface area contributed by atoms with E-state index in [0.717, 1.165) is 40.6 Å². The maximum absolute atomic E-state index is 13.5. The highest BCUT2D eigenvalue weighted by atomic mass is 16.2. The zero-order valence-electron chi connectivity index (χ0n) is 20.5. The molecule has 1 aliphatic rings. The predicted octanol–water partition coefficient (Wildman–Crippen LogP) is 5.17. The van der Waals surface area contributed by atoms with Gasteiger partial charge in [0, 0.05) is 40.8 Å². The fraction of sp³-hybridized carbons (Fsp3) is 0.267. The molecule has 0 bridgehead atoms. The van der Waals surface area contributed by atoms with Gasteiger partial charge in [0.2, 0.25) is 5.91 Å². The minimum atomic E-state index is -0.296. The number of aryl methyl sites for hydroxylation is 2. The van der Waals surface area contributed by atoms with E-state index in [-0.39, 0.29) is 30.4 Å². The minimum absolute atomic E-state index is 0.0144. The van der Waals surface area contributed by atoms with Crippen LogP contribution in [-0.2, 0) is 18.3 Å². The molecule has 0 saturated heterocycles. The standard InChI is InChI=1S/C30H31N3O2/c1-20(17-18-22-11-5-4-6-12-22)31-27(34)19-33-29(23-13-7-8-14-24(23)30(33)35)28-21(2)32(3)26-16-10-9-15-25(26)28/h4-16,20,29H,17-19H2,1-3H3,(H,31,34)/t20-,29+/m1/s1. The minimum Gasteiger partial charge on any atom is -0.352 e. The first kappa shape index (κ1) is 22.9. The highest BCUT2D eigenvalue weighted by Crippen LogP contribution is 2.43. The van der Waals surface area contributed by atoms with Gasteiger partial charge in [0.25, 0.3) is 5.91 Å². The van der Waals surface area contributed by atoms with Crippen molar-refractivity contribution < 1.29 is 9.59 Å². The smallest absolute Gasteiger partial charge is 0.255 e. The van der Waals surface area contributed by atoms with Crippen LogP contribution in [0.1, 0.15) is 52.1 Å². The lowest BCUT2D eigenvalue weighted by Crippen LogP contribution is -2.42. The van der Waals surface area contributed by atoms with Gasteiger partial charge in [0.1, 0.15) is 6.54 Å². The monoisotopic (exact) mass is 465 g/mol. The number of hydrogen-bond donors (Lipinski definition) is 1. The first-order valence-electron chi connectivity index (χ1n) is 12.2. The summed E-state index contributed by atoms with van der Waals surface area (Å²) >= 11 is 0. The molecule has 2 heterocycles. The van der Waals surface area contributed by atoms with Gasteiger partial charge in [-0.15, -0.1) is 0 Å². The van der Waals surface area contributed by atoms with Gasteiger partial charge in [0.05, 0.1) is 6.04 Å². The molecule has 2 amide bonds. The first-order valence-corrected chi connectivity index (χ1v) is 12.2. The van der Waals surface area contributed by atoms with Gasteiger partial charge in [0.15, 0.2) is 0 Å². The zero-order valence-corrected chi connectivity index (χ0v) is 20.5. The summed E-state index contributed by atoms with van der Waals surface area (Å²) in [5.74, 6) is -0.223. The van der Waals surface area contributed by atoms with Crippen molar-refractivity contribution in [1.29, 1.82) is 0 Å². The van der Waals surface area contributed by atoms with Crippen LogP contribution < -0.4 is 5.32 Å². The summed E-state index contributed by atoms with van der Waals surface area (Å²) in [5, 5.41) is 4.23. The third kappa shape index (κ3) is 4.23. The van der Waals surface area contributed by atoms with Crippen molar-refractivity contribution >= 4 is 22.7 Å². The van der Waals surface area contributed by atoms with E-state index in [1.54, 1.807) is 4.90 Å². The van der Waals surface area contributed by atoms with Crippen LogP contribution in [0, 0.1) is 6.92 Å². The third-order valence-electron chi connectivity index (χ3n) is 7.21. The Morgan fingerprint density at radius 1 is 0.971 bits per heavy atom. The van der Waals surface area contributed by atoms with Crippen LogP contribution in [-0.4, -0.2) is 33.9 Å². The first-order chi connectivity index (χ1) is 17.0. The van der Waals surface area contributed by atoms with E-state index in [0.29, 0.717) is 5.56 Å². The van der Waals surface area contributed by atoms with E-state index in [9.17, 15) is 9.59 Å². The van der Waals surface area contributed by atoms with Crippen LogP contribution in [0.15, 0.2) is 78.9 Å². The number of fused-ring (bicyclic) bond motifs is 2. The van der Waals surface area contributed by atoms with E-state index in [1.807, 2.05) is 61.5 Å². The molecule has 1 aliphatic heterocycles. The molecule has 0 saturated carbocycles. The molecule has 178 valence electrons. The van der Waals surface area contributed by atoms with Crippen LogP contribution in [0.5, 0.6) is 0 Å². The van der Waals surface area contributed by atoms with Crippen molar-refractivity contribution in [1.82, 2.24) is 14.8 Å². The average molecular weight is 466 g/mol. The SMILES string of the molecule is Cc1c([C@@H]2c3ccccc3C(=O)N2CC(=O)N[C@H](C)CCc2ccccc2)c2ccccc2n1C. The average Bonchev–Trinajstić information content (AvgIpc) is 3.28. The largest absolute Gasteiger partial charge is 0.352 e. The molecule has 4 aromatic rings. The molecule has 0 spiro atoms. The van der Waals surface area contributed by atoms with Crippen molar-refractivity contribution in [2.24, 2.45) is 7.05 Å². The van der Waals surface area contributed by atoms with Crippen molar-refractivity contribution in [3.05, 3.63) is 107 Å². The zero-order chi connectivity index (χ0) is 24.5. The van der Waals surface area contributed by atoms with E-state index in [2.05, 4.69) is 48.1 Å². The van der Waals surface area contributed by atoms with E-state index in [1.165, 1.54) is 5.56 Å². The second kappa shape index (κ2) is 9.41. The second-order valence-corrected chi connectivity index (χ2v) is 9.49. The fourth-order valence-electron chi connectivity index (χ4n) is 5.31. The van der Waals surface area contributed by atoms with Crippen LogP contribution in [0.3, 0.4) is 0 Å². The number of nitrogens with zero attached hydrogens (tertiary/aromatic N) is 2. The summed E-state index contributed by atoms with van der Waals surface area (Å²) < 4.78 is 2.17. The Hall–Kier alpha value is -3.86. The van der Waals surface area contributed by atoms with Crippen molar-refractivity contribution in [3.63, 3.8) is 0 Å². The Balaban J connectivity index is 1.41. The van der Waals surface area contributed by atoms with Crippen molar-refractivity contribution in [3.8, 4) is 0 Å². The number of carbonyl (C=O) groups excluding carboxylic acids is 2. The summed E-state index contributed by atoms with van der Waals surface area (Å²) in [7, 11) is 2.05. The van der Waals surface area contributed by atoms with E-state index in [4.69, 9.17) is 0 Å². The topological polar surface area (TPSA) is 54.3 Å². The molecule has 3 aromatic carbocycles. The summed E-state index contributed by atoms with van der Waals surface area (Å²) in [6, 6.07) is 26.0. The Labute approximate surface area is 206 Å². The second-order valence-electron chi connectivity index (χ2n) is 9.49. The fourth-order valence-corrected chi connectivity index (χ4v) is 5.31. The molecule has 1 aromatic heterocycles. The quantitative estimate of drug-likeness (QED) is 0.409.